The number of carbonyl (C=O) groups is 1. The lowest BCUT2D eigenvalue weighted by Gasteiger charge is -2.08. The number of halogens is 3. The van der Waals surface area contributed by atoms with Crippen LogP contribution in [0.5, 0.6) is 0 Å². The molecule has 0 fully saturated rings. The average molecular weight is 391 g/mol. The second kappa shape index (κ2) is 7.47. The summed E-state index contributed by atoms with van der Waals surface area (Å²) in [6, 6.07) is 9.89. The maximum absolute atomic E-state index is 12.8. The first-order chi connectivity index (χ1) is 13.2. The zero-order valence-corrected chi connectivity index (χ0v) is 14.1. The Hall–Kier alpha value is -3.76. The summed E-state index contributed by atoms with van der Waals surface area (Å²) < 4.78 is 39.6. The lowest BCUT2D eigenvalue weighted by Crippen LogP contribution is -2.13. The van der Waals surface area contributed by atoms with Gasteiger partial charge in [0.25, 0.3) is 11.6 Å². The molecule has 0 aliphatic heterocycles. The zero-order chi connectivity index (χ0) is 20.3. The molecule has 11 heteroatoms. The van der Waals surface area contributed by atoms with Crippen molar-refractivity contribution in [2.45, 2.75) is 12.7 Å². The van der Waals surface area contributed by atoms with Gasteiger partial charge in [-0.2, -0.15) is 13.2 Å². The van der Waals surface area contributed by atoms with Crippen LogP contribution in [0, 0.1) is 10.1 Å². The van der Waals surface area contributed by atoms with Crippen LogP contribution < -0.4 is 5.32 Å². The summed E-state index contributed by atoms with van der Waals surface area (Å²) in [5.41, 5.74) is -0.611. The molecule has 0 aliphatic rings. The van der Waals surface area contributed by atoms with Gasteiger partial charge < -0.3 is 0 Å². The molecule has 0 saturated carbocycles. The lowest BCUT2D eigenvalue weighted by atomic mass is 10.1. The number of nitro groups is 1. The van der Waals surface area contributed by atoms with Crippen molar-refractivity contribution in [3.8, 4) is 0 Å². The number of non-ortho nitro benzene ring substituents is 1. The molecular weight excluding hydrogens is 379 g/mol. The fourth-order valence-corrected chi connectivity index (χ4v) is 2.40. The predicted molar refractivity (Wildman–Crippen MR) is 91.6 cm³/mol. The Morgan fingerprint density at radius 3 is 2.64 bits per heavy atom. The van der Waals surface area contributed by atoms with Crippen LogP contribution in [0.25, 0.3) is 0 Å². The number of aromatic nitrogens is 3. The van der Waals surface area contributed by atoms with Crippen molar-refractivity contribution in [3.05, 3.63) is 81.7 Å². The molecule has 0 aliphatic carbocycles. The molecule has 3 rings (SSSR count). The largest absolute Gasteiger partial charge is 0.416 e. The van der Waals surface area contributed by atoms with Crippen LogP contribution in [0.1, 0.15) is 21.5 Å². The summed E-state index contributed by atoms with van der Waals surface area (Å²) in [5.74, 6) is -0.732. The van der Waals surface area contributed by atoms with Gasteiger partial charge in [0.05, 0.1) is 17.0 Å². The minimum absolute atomic E-state index is 0.0175. The van der Waals surface area contributed by atoms with Crippen molar-refractivity contribution >= 4 is 17.5 Å². The molecule has 1 aromatic heterocycles. The van der Waals surface area contributed by atoms with E-state index in [0.29, 0.717) is 5.56 Å². The number of benzene rings is 2. The van der Waals surface area contributed by atoms with E-state index in [0.717, 1.165) is 18.2 Å². The number of nitro benzene ring substituents is 1. The van der Waals surface area contributed by atoms with Crippen LogP contribution in [0.2, 0.25) is 0 Å². The quantitative estimate of drug-likeness (QED) is 0.530. The monoisotopic (exact) mass is 391 g/mol. The van der Waals surface area contributed by atoms with Gasteiger partial charge in [-0.1, -0.05) is 18.2 Å². The Morgan fingerprint density at radius 1 is 1.18 bits per heavy atom. The third-order valence-corrected chi connectivity index (χ3v) is 3.68. The molecule has 3 aromatic rings. The second-order valence-corrected chi connectivity index (χ2v) is 5.73. The molecule has 0 saturated heterocycles. The molecule has 1 amide bonds. The van der Waals surface area contributed by atoms with Crippen molar-refractivity contribution in [1.82, 2.24) is 14.8 Å². The van der Waals surface area contributed by atoms with Crippen molar-refractivity contribution in [2.24, 2.45) is 0 Å². The Balaban J connectivity index is 1.70. The number of hydrogen-bond donors (Lipinski definition) is 1. The van der Waals surface area contributed by atoms with Gasteiger partial charge in [0, 0.05) is 17.7 Å². The minimum atomic E-state index is -4.45. The van der Waals surface area contributed by atoms with Crippen LogP contribution in [-0.4, -0.2) is 25.6 Å². The van der Waals surface area contributed by atoms with Gasteiger partial charge in [0.2, 0.25) is 5.95 Å². The molecule has 28 heavy (non-hydrogen) atoms. The smallest absolute Gasteiger partial charge is 0.289 e. The van der Waals surface area contributed by atoms with Gasteiger partial charge in [0.1, 0.15) is 6.33 Å². The number of nitrogens with one attached hydrogen (secondary N) is 1. The summed E-state index contributed by atoms with van der Waals surface area (Å²) in [5, 5.41) is 17.1. The highest BCUT2D eigenvalue weighted by molar-refractivity contribution is 6.03. The van der Waals surface area contributed by atoms with Gasteiger partial charge in [-0.15, -0.1) is 5.10 Å². The third kappa shape index (κ3) is 4.50. The normalized spacial score (nSPS) is 11.2. The van der Waals surface area contributed by atoms with Crippen molar-refractivity contribution in [1.29, 1.82) is 0 Å². The topological polar surface area (TPSA) is 103 Å². The average Bonchev–Trinajstić information content (AvgIpc) is 3.08. The maximum atomic E-state index is 12.8. The Morgan fingerprint density at radius 2 is 1.93 bits per heavy atom. The molecule has 8 nitrogen and oxygen atoms in total. The lowest BCUT2D eigenvalue weighted by molar-refractivity contribution is -0.384. The number of carbonyl (C=O) groups excluding carboxylic acids is 1. The molecule has 1 N–H and O–H groups in total. The van der Waals surface area contributed by atoms with Gasteiger partial charge in [-0.05, 0) is 23.8 Å². The number of alkyl halides is 3. The first-order valence-corrected chi connectivity index (χ1v) is 7.84. The maximum Gasteiger partial charge on any atom is 0.416 e. The number of nitrogens with zero attached hydrogens (tertiary/aromatic N) is 4. The van der Waals surface area contributed by atoms with E-state index in [1.807, 2.05) is 0 Å². The standard InChI is InChI=1S/C17H12F3N5O3/c18-17(19,20)13-5-1-3-11(7-13)9-24-10-21-16(23-24)22-15(26)12-4-2-6-14(8-12)25(27)28/h1-8,10H,9H2,(H,22,23,26). The van der Waals surface area contributed by atoms with Gasteiger partial charge in [0.15, 0.2) is 0 Å². The second-order valence-electron chi connectivity index (χ2n) is 5.73. The molecule has 0 atom stereocenters. The Bertz CT molecular complexity index is 1030. The SMILES string of the molecule is O=C(Nc1ncn(Cc2cccc(C(F)(F)F)c2)n1)c1cccc([N+](=O)[O-])c1. The molecule has 144 valence electrons. The first-order valence-electron chi connectivity index (χ1n) is 7.84. The van der Waals surface area contributed by atoms with E-state index in [9.17, 15) is 28.1 Å². The molecule has 0 radical (unpaired) electrons. The minimum Gasteiger partial charge on any atom is -0.289 e. The van der Waals surface area contributed by atoms with Gasteiger partial charge in [-0.25, -0.2) is 9.67 Å². The first kappa shape index (κ1) is 19.0. The van der Waals surface area contributed by atoms with Gasteiger partial charge >= 0.3 is 6.18 Å². The molecule has 0 bridgehead atoms. The van der Waals surface area contributed by atoms with E-state index in [1.165, 1.54) is 41.3 Å². The number of hydrogen-bond acceptors (Lipinski definition) is 5. The third-order valence-electron chi connectivity index (χ3n) is 3.68. The molecule has 0 spiro atoms. The van der Waals surface area contributed by atoms with E-state index in [2.05, 4.69) is 15.4 Å². The molecule has 1 heterocycles. The summed E-state index contributed by atoms with van der Waals surface area (Å²) in [6.07, 6.45) is -3.20. The summed E-state index contributed by atoms with van der Waals surface area (Å²) in [4.78, 5) is 26.2. The highest BCUT2D eigenvalue weighted by Gasteiger charge is 2.30. The fourth-order valence-electron chi connectivity index (χ4n) is 2.40. The Labute approximate surface area is 155 Å². The summed E-state index contributed by atoms with van der Waals surface area (Å²) >= 11 is 0. The molecule has 0 unspecified atom stereocenters. The highest BCUT2D eigenvalue weighted by atomic mass is 19.4. The summed E-state index contributed by atoms with van der Waals surface area (Å²) in [6.45, 7) is 0.0175. The van der Waals surface area contributed by atoms with E-state index >= 15 is 0 Å². The van der Waals surface area contributed by atoms with E-state index in [-0.39, 0.29) is 23.7 Å². The van der Waals surface area contributed by atoms with Crippen LogP contribution in [0.4, 0.5) is 24.8 Å². The number of rotatable bonds is 5. The van der Waals surface area contributed by atoms with Crippen molar-refractivity contribution < 1.29 is 22.9 Å². The summed E-state index contributed by atoms with van der Waals surface area (Å²) in [7, 11) is 0. The van der Waals surface area contributed by atoms with Crippen LogP contribution in [0.3, 0.4) is 0 Å². The number of amides is 1. The molecular formula is C17H12F3N5O3. The Kier molecular flexibility index (Phi) is 5.07. The predicted octanol–water partition coefficient (Wildman–Crippen LogP) is 3.51. The van der Waals surface area contributed by atoms with E-state index < -0.39 is 22.6 Å². The fraction of sp³-hybridized carbons (Fsp3) is 0.118. The van der Waals surface area contributed by atoms with Crippen molar-refractivity contribution in [3.63, 3.8) is 0 Å². The van der Waals surface area contributed by atoms with Crippen LogP contribution in [-0.2, 0) is 12.7 Å². The van der Waals surface area contributed by atoms with Crippen LogP contribution in [0.15, 0.2) is 54.9 Å². The van der Waals surface area contributed by atoms with Crippen LogP contribution >= 0.6 is 0 Å². The van der Waals surface area contributed by atoms with Crippen molar-refractivity contribution in [2.75, 3.05) is 5.32 Å². The number of anilines is 1. The van der Waals surface area contributed by atoms with E-state index in [1.54, 1.807) is 0 Å². The van der Waals surface area contributed by atoms with Gasteiger partial charge in [-0.3, -0.25) is 20.2 Å². The van der Waals surface area contributed by atoms with E-state index in [4.69, 9.17) is 0 Å². The highest BCUT2D eigenvalue weighted by Crippen LogP contribution is 2.29. The molecule has 2 aromatic carbocycles. The zero-order valence-electron chi connectivity index (χ0n) is 14.1.